The second kappa shape index (κ2) is 7.51. The van der Waals surface area contributed by atoms with Crippen LogP contribution in [0.25, 0.3) is 0 Å². The number of hydrogen-bond donors (Lipinski definition) is 3. The zero-order valence-electron chi connectivity index (χ0n) is 10.4. The highest BCUT2D eigenvalue weighted by Crippen LogP contribution is 2.17. The van der Waals surface area contributed by atoms with E-state index in [0.29, 0.717) is 12.5 Å². The molecule has 0 atom stereocenters. The number of nitrogens with two attached hydrogens (primary N) is 1. The minimum Gasteiger partial charge on any atom is -0.496 e. The summed E-state index contributed by atoms with van der Waals surface area (Å²) in [4.78, 5) is 4.35. The molecule has 1 aromatic carbocycles. The number of para-hydroxylation sites is 1. The van der Waals surface area contributed by atoms with Crippen LogP contribution in [0.5, 0.6) is 5.75 Å². The zero-order chi connectivity index (χ0) is 12.5. The molecule has 0 fully saturated rings. The van der Waals surface area contributed by atoms with Crippen LogP contribution in [0.3, 0.4) is 0 Å². The monoisotopic (exact) mass is 236 g/mol. The lowest BCUT2D eigenvalue weighted by Crippen LogP contribution is -2.41. The molecule has 5 nitrogen and oxygen atoms in total. The molecular weight excluding hydrogens is 216 g/mol. The van der Waals surface area contributed by atoms with Crippen molar-refractivity contribution in [1.29, 1.82) is 0 Å². The number of methoxy groups -OCH3 is 1. The predicted molar refractivity (Wildman–Crippen MR) is 69.7 cm³/mol. The Morgan fingerprint density at radius 1 is 1.41 bits per heavy atom. The van der Waals surface area contributed by atoms with Gasteiger partial charge in [0.15, 0.2) is 0 Å². The lowest BCUT2D eigenvalue weighted by molar-refractivity contribution is 0.410. The molecule has 0 amide bonds. The summed E-state index contributed by atoms with van der Waals surface area (Å²) >= 11 is 0. The molecule has 0 aromatic heterocycles. The topological polar surface area (TPSA) is 71.7 Å². The van der Waals surface area contributed by atoms with Crippen LogP contribution in [0.2, 0.25) is 0 Å². The van der Waals surface area contributed by atoms with E-state index in [1.54, 1.807) is 7.11 Å². The van der Waals surface area contributed by atoms with Gasteiger partial charge in [-0.15, -0.1) is 0 Å². The number of nitrogens with zero attached hydrogens (tertiary/aromatic N) is 1. The molecule has 4 N–H and O–H groups in total. The van der Waals surface area contributed by atoms with Crippen molar-refractivity contribution >= 4 is 5.96 Å². The van der Waals surface area contributed by atoms with Crippen molar-refractivity contribution in [3.63, 3.8) is 0 Å². The van der Waals surface area contributed by atoms with E-state index < -0.39 is 0 Å². The Hall–Kier alpha value is -1.75. The van der Waals surface area contributed by atoms with E-state index in [1.165, 1.54) is 0 Å². The Balaban J connectivity index is 2.66. The predicted octanol–water partition coefficient (Wildman–Crippen LogP) is 1.01. The van der Waals surface area contributed by atoms with Gasteiger partial charge in [0.25, 0.3) is 0 Å². The molecule has 0 heterocycles. The quantitative estimate of drug-likeness (QED) is 0.309. The molecular formula is C12H20N4O. The first-order chi connectivity index (χ1) is 8.31. The van der Waals surface area contributed by atoms with E-state index in [4.69, 9.17) is 10.6 Å². The summed E-state index contributed by atoms with van der Waals surface area (Å²) in [5, 5.41) is 3.10. The van der Waals surface area contributed by atoms with Crippen molar-refractivity contribution in [2.24, 2.45) is 10.8 Å². The van der Waals surface area contributed by atoms with Gasteiger partial charge in [-0.1, -0.05) is 25.1 Å². The average molecular weight is 236 g/mol. The van der Waals surface area contributed by atoms with E-state index in [-0.39, 0.29) is 0 Å². The highest BCUT2D eigenvalue weighted by molar-refractivity contribution is 5.79. The SMILES string of the molecule is CCCNC(=NCc1ccccc1OC)NN. The van der Waals surface area contributed by atoms with Crippen molar-refractivity contribution in [3.05, 3.63) is 29.8 Å². The zero-order valence-corrected chi connectivity index (χ0v) is 10.4. The molecule has 0 aliphatic carbocycles. The van der Waals surface area contributed by atoms with Gasteiger partial charge in [-0.3, -0.25) is 5.43 Å². The number of guanidine groups is 1. The Morgan fingerprint density at radius 2 is 2.18 bits per heavy atom. The minimum absolute atomic E-state index is 0.528. The van der Waals surface area contributed by atoms with Crippen molar-refractivity contribution in [3.8, 4) is 5.75 Å². The summed E-state index contributed by atoms with van der Waals surface area (Å²) in [5.74, 6) is 6.81. The molecule has 1 rings (SSSR count). The van der Waals surface area contributed by atoms with Crippen LogP contribution in [0.4, 0.5) is 0 Å². The number of aliphatic imine (C=N–C) groups is 1. The number of hydrogen-bond acceptors (Lipinski definition) is 3. The second-order valence-electron chi connectivity index (χ2n) is 3.55. The van der Waals surface area contributed by atoms with Crippen molar-refractivity contribution in [2.45, 2.75) is 19.9 Å². The van der Waals surface area contributed by atoms with Crippen LogP contribution in [-0.2, 0) is 6.54 Å². The number of nitrogens with one attached hydrogen (secondary N) is 2. The van der Waals surface area contributed by atoms with Gasteiger partial charge in [0.1, 0.15) is 5.75 Å². The third-order valence-electron chi connectivity index (χ3n) is 2.28. The van der Waals surface area contributed by atoms with Gasteiger partial charge in [0.2, 0.25) is 5.96 Å². The minimum atomic E-state index is 0.528. The second-order valence-corrected chi connectivity index (χ2v) is 3.55. The standard InChI is InChI=1S/C12H20N4O/c1-3-8-14-12(16-13)15-9-10-6-4-5-7-11(10)17-2/h4-7H,3,8-9,13H2,1-2H3,(H2,14,15,16). The van der Waals surface area contributed by atoms with Crippen molar-refractivity contribution < 1.29 is 4.74 Å². The first-order valence-corrected chi connectivity index (χ1v) is 5.68. The van der Waals surface area contributed by atoms with Gasteiger partial charge < -0.3 is 10.1 Å². The summed E-state index contributed by atoms with van der Waals surface area (Å²) in [6.07, 6.45) is 1.02. The Kier molecular flexibility index (Phi) is 5.88. The van der Waals surface area contributed by atoms with E-state index in [9.17, 15) is 0 Å². The molecule has 0 saturated heterocycles. The third kappa shape index (κ3) is 4.32. The molecule has 0 spiro atoms. The summed E-state index contributed by atoms with van der Waals surface area (Å²) < 4.78 is 5.25. The fourth-order valence-electron chi connectivity index (χ4n) is 1.39. The Labute approximate surface area is 102 Å². The van der Waals surface area contributed by atoms with Gasteiger partial charge in [-0.05, 0) is 12.5 Å². The summed E-state index contributed by atoms with van der Waals surface area (Å²) in [6.45, 7) is 3.45. The van der Waals surface area contributed by atoms with Crippen LogP contribution in [0.1, 0.15) is 18.9 Å². The molecule has 0 saturated carbocycles. The highest BCUT2D eigenvalue weighted by atomic mass is 16.5. The molecule has 5 heteroatoms. The van der Waals surface area contributed by atoms with Crippen LogP contribution < -0.4 is 21.3 Å². The molecule has 0 unspecified atom stereocenters. The lowest BCUT2D eigenvalue weighted by atomic mass is 10.2. The summed E-state index contributed by atoms with van der Waals surface area (Å²) in [7, 11) is 1.65. The smallest absolute Gasteiger partial charge is 0.206 e. The molecule has 0 aliphatic heterocycles. The van der Waals surface area contributed by atoms with E-state index in [1.807, 2.05) is 24.3 Å². The molecule has 0 radical (unpaired) electrons. The highest BCUT2D eigenvalue weighted by Gasteiger charge is 2.01. The summed E-state index contributed by atoms with van der Waals surface area (Å²) in [5.41, 5.74) is 3.57. The number of rotatable bonds is 5. The first-order valence-electron chi connectivity index (χ1n) is 5.68. The van der Waals surface area contributed by atoms with E-state index >= 15 is 0 Å². The van der Waals surface area contributed by atoms with Gasteiger partial charge in [-0.25, -0.2) is 10.8 Å². The molecule has 17 heavy (non-hydrogen) atoms. The van der Waals surface area contributed by atoms with Gasteiger partial charge in [0.05, 0.1) is 13.7 Å². The lowest BCUT2D eigenvalue weighted by Gasteiger charge is -2.09. The number of ether oxygens (including phenoxy) is 1. The van der Waals surface area contributed by atoms with Gasteiger partial charge >= 0.3 is 0 Å². The van der Waals surface area contributed by atoms with Crippen LogP contribution in [0, 0.1) is 0 Å². The molecule has 1 aromatic rings. The van der Waals surface area contributed by atoms with Crippen LogP contribution in [-0.4, -0.2) is 19.6 Å². The fourth-order valence-corrected chi connectivity index (χ4v) is 1.39. The third-order valence-corrected chi connectivity index (χ3v) is 2.28. The Bertz CT molecular complexity index is 365. The number of hydrazine groups is 1. The van der Waals surface area contributed by atoms with Gasteiger partial charge in [-0.2, -0.15) is 0 Å². The number of benzene rings is 1. The molecule has 94 valence electrons. The van der Waals surface area contributed by atoms with Crippen molar-refractivity contribution in [2.75, 3.05) is 13.7 Å². The average Bonchev–Trinajstić information content (AvgIpc) is 2.39. The Morgan fingerprint density at radius 3 is 2.82 bits per heavy atom. The molecule has 0 bridgehead atoms. The fraction of sp³-hybridized carbons (Fsp3) is 0.417. The van der Waals surface area contributed by atoms with Crippen LogP contribution >= 0.6 is 0 Å². The maximum absolute atomic E-state index is 5.37. The normalized spacial score (nSPS) is 11.1. The van der Waals surface area contributed by atoms with Gasteiger partial charge in [0, 0.05) is 12.1 Å². The summed E-state index contributed by atoms with van der Waals surface area (Å²) in [6, 6.07) is 7.79. The van der Waals surface area contributed by atoms with E-state index in [2.05, 4.69) is 22.7 Å². The van der Waals surface area contributed by atoms with Crippen LogP contribution in [0.15, 0.2) is 29.3 Å². The largest absolute Gasteiger partial charge is 0.496 e. The van der Waals surface area contributed by atoms with Crippen molar-refractivity contribution in [1.82, 2.24) is 10.7 Å². The maximum Gasteiger partial charge on any atom is 0.206 e. The first kappa shape index (κ1) is 13.3. The van der Waals surface area contributed by atoms with E-state index in [0.717, 1.165) is 24.3 Å². The molecule has 0 aliphatic rings. The maximum atomic E-state index is 5.37.